The molecule has 2 unspecified atom stereocenters. The van der Waals surface area contributed by atoms with Crippen molar-refractivity contribution in [3.63, 3.8) is 0 Å². The van der Waals surface area contributed by atoms with E-state index in [1.807, 2.05) is 74.2 Å². The molecule has 2 fully saturated rings. The number of hydrogen-bond donors (Lipinski definition) is 1. The summed E-state index contributed by atoms with van der Waals surface area (Å²) >= 11 is 1.64. The van der Waals surface area contributed by atoms with E-state index in [1.165, 1.54) is 0 Å². The fraction of sp³-hybridized carbons (Fsp3) is 0.448. The van der Waals surface area contributed by atoms with Crippen molar-refractivity contribution >= 4 is 40.4 Å². The number of para-hydroxylation sites is 1. The van der Waals surface area contributed by atoms with Crippen molar-refractivity contribution in [2.24, 2.45) is 5.41 Å². The Morgan fingerprint density at radius 1 is 1.15 bits per heavy atom. The van der Waals surface area contributed by atoms with Crippen molar-refractivity contribution in [3.05, 3.63) is 55.1 Å². The van der Waals surface area contributed by atoms with E-state index in [0.717, 1.165) is 51.7 Å². The summed E-state index contributed by atoms with van der Waals surface area (Å²) in [7, 11) is 0. The summed E-state index contributed by atoms with van der Waals surface area (Å²) in [4.78, 5) is 31.3. The Morgan fingerprint density at radius 2 is 2.00 bits per heavy atom. The van der Waals surface area contributed by atoms with Gasteiger partial charge in [-0.25, -0.2) is 14.8 Å². The molecule has 6 rings (SSSR count). The molecule has 3 atom stereocenters. The minimum Gasteiger partial charge on any atom is -0.444 e. The number of hydrogen-bond acceptors (Lipinski definition) is 8. The Morgan fingerprint density at radius 3 is 2.79 bits per heavy atom. The van der Waals surface area contributed by atoms with Gasteiger partial charge in [-0.3, -0.25) is 9.38 Å². The molecule has 1 aromatic carbocycles. The smallest absolute Gasteiger partial charge is 0.407 e. The van der Waals surface area contributed by atoms with E-state index < -0.39 is 11.7 Å². The number of alkyl carbamates (subject to hydrolysis) is 1. The third-order valence-electron chi connectivity index (χ3n) is 7.55. The Bertz CT molecular complexity index is 1510. The van der Waals surface area contributed by atoms with Gasteiger partial charge in [-0.05, 0) is 52.7 Å². The Balaban J connectivity index is 1.29. The Hall–Kier alpha value is -3.37. The highest BCUT2D eigenvalue weighted by Crippen LogP contribution is 2.43. The standard InChI is InChI=1S/C29H34N6O3S/c1-19-15-29(18-37-19)10-13-34(17-24(29)33-27(36)38-28(2,3)4)26-32-16-23(25-31-12-14-35(25)26)39-22-9-11-30-21-8-6-5-7-20(21)22/h5-9,11-12,14,16,19,24H,10,13,15,17-18H2,1-4H3,(H,33,36)/t19-,24?,29?/m0/s1. The van der Waals surface area contributed by atoms with E-state index in [9.17, 15) is 4.79 Å². The van der Waals surface area contributed by atoms with Crippen LogP contribution < -0.4 is 10.2 Å². The molecule has 0 aliphatic carbocycles. The van der Waals surface area contributed by atoms with Crippen molar-refractivity contribution in [1.82, 2.24) is 24.7 Å². The average molecular weight is 547 g/mol. The van der Waals surface area contributed by atoms with Gasteiger partial charge in [0.15, 0.2) is 5.65 Å². The van der Waals surface area contributed by atoms with Gasteiger partial charge in [0.1, 0.15) is 5.60 Å². The van der Waals surface area contributed by atoms with Crippen LogP contribution in [0.25, 0.3) is 16.6 Å². The average Bonchev–Trinajstić information content (AvgIpc) is 3.53. The van der Waals surface area contributed by atoms with Crippen molar-refractivity contribution in [2.45, 2.75) is 68.1 Å². The summed E-state index contributed by atoms with van der Waals surface area (Å²) in [5.41, 5.74) is 1.12. The van der Waals surface area contributed by atoms with Crippen LogP contribution in [-0.4, -0.2) is 62.9 Å². The van der Waals surface area contributed by atoms with Crippen LogP contribution in [0, 0.1) is 5.41 Å². The number of amides is 1. The number of nitrogens with zero attached hydrogens (tertiary/aromatic N) is 5. The lowest BCUT2D eigenvalue weighted by molar-refractivity contribution is 0.0385. The summed E-state index contributed by atoms with van der Waals surface area (Å²) in [5, 5.41) is 4.29. The number of carbonyl (C=O) groups is 1. The normalized spacial score (nSPS) is 23.5. The van der Waals surface area contributed by atoms with E-state index in [0.29, 0.717) is 13.2 Å². The van der Waals surface area contributed by atoms with E-state index in [4.69, 9.17) is 14.5 Å². The monoisotopic (exact) mass is 546 g/mol. The third kappa shape index (κ3) is 5.15. The summed E-state index contributed by atoms with van der Waals surface area (Å²) in [6.07, 6.45) is 9.06. The molecule has 5 heterocycles. The first-order valence-electron chi connectivity index (χ1n) is 13.4. The first-order chi connectivity index (χ1) is 18.7. The van der Waals surface area contributed by atoms with Crippen LogP contribution in [0.15, 0.2) is 64.9 Å². The lowest BCUT2D eigenvalue weighted by atomic mass is 9.73. The van der Waals surface area contributed by atoms with Gasteiger partial charge in [0.05, 0.1) is 29.2 Å². The number of ether oxygens (including phenoxy) is 2. The van der Waals surface area contributed by atoms with Crippen LogP contribution in [0.4, 0.5) is 10.7 Å². The second-order valence-electron chi connectivity index (χ2n) is 11.6. The number of anilines is 1. The lowest BCUT2D eigenvalue weighted by Gasteiger charge is -2.45. The fourth-order valence-electron chi connectivity index (χ4n) is 5.75. The zero-order chi connectivity index (χ0) is 27.2. The molecule has 2 aliphatic rings. The van der Waals surface area contributed by atoms with E-state index in [2.05, 4.69) is 33.2 Å². The quantitative estimate of drug-likeness (QED) is 0.367. The molecule has 2 aliphatic heterocycles. The summed E-state index contributed by atoms with van der Waals surface area (Å²) < 4.78 is 13.7. The van der Waals surface area contributed by atoms with Crippen LogP contribution in [0.3, 0.4) is 0 Å². The summed E-state index contributed by atoms with van der Waals surface area (Å²) in [5.74, 6) is 0.809. The maximum atomic E-state index is 12.8. The third-order valence-corrected chi connectivity index (χ3v) is 8.63. The maximum Gasteiger partial charge on any atom is 0.407 e. The maximum absolute atomic E-state index is 12.8. The molecular formula is C29H34N6O3S. The molecule has 2 saturated heterocycles. The minimum absolute atomic E-state index is 0.126. The molecule has 1 amide bonds. The van der Waals surface area contributed by atoms with Gasteiger partial charge in [-0.1, -0.05) is 30.0 Å². The molecule has 39 heavy (non-hydrogen) atoms. The van der Waals surface area contributed by atoms with Gasteiger partial charge < -0.3 is 19.7 Å². The minimum atomic E-state index is -0.566. The summed E-state index contributed by atoms with van der Waals surface area (Å²) in [6, 6.07) is 10.0. The molecule has 1 N–H and O–H groups in total. The molecule has 10 heteroatoms. The number of carbonyl (C=O) groups excluding carboxylic acids is 1. The van der Waals surface area contributed by atoms with E-state index in [-0.39, 0.29) is 17.6 Å². The zero-order valence-corrected chi connectivity index (χ0v) is 23.6. The number of imidazole rings is 1. The highest BCUT2D eigenvalue weighted by Gasteiger charge is 2.49. The van der Waals surface area contributed by atoms with E-state index in [1.54, 1.807) is 11.8 Å². The van der Waals surface area contributed by atoms with Crippen molar-refractivity contribution in [3.8, 4) is 0 Å². The number of rotatable bonds is 4. The molecule has 4 aromatic rings. The van der Waals surface area contributed by atoms with Gasteiger partial charge >= 0.3 is 6.09 Å². The van der Waals surface area contributed by atoms with Gasteiger partial charge in [0.2, 0.25) is 5.95 Å². The molecule has 204 valence electrons. The molecule has 0 saturated carbocycles. The SMILES string of the molecule is C[C@H]1CC2(CCN(c3ncc(Sc4ccnc5ccccc45)c4nccn34)CC2NC(=O)OC(C)(C)C)CO1. The number of pyridine rings is 1. The van der Waals surface area contributed by atoms with Gasteiger partial charge in [0.25, 0.3) is 0 Å². The number of aromatic nitrogens is 4. The van der Waals surface area contributed by atoms with Gasteiger partial charge in [-0.2, -0.15) is 0 Å². The Kier molecular flexibility index (Phi) is 6.63. The number of nitrogens with one attached hydrogen (secondary N) is 1. The van der Waals surface area contributed by atoms with Gasteiger partial charge in [-0.15, -0.1) is 0 Å². The fourth-order valence-corrected chi connectivity index (χ4v) is 6.75. The Labute approximate surface area is 232 Å². The largest absolute Gasteiger partial charge is 0.444 e. The number of benzene rings is 1. The molecule has 0 radical (unpaired) electrons. The predicted octanol–water partition coefficient (Wildman–Crippen LogP) is 5.33. The summed E-state index contributed by atoms with van der Waals surface area (Å²) in [6.45, 7) is 9.79. The van der Waals surface area contributed by atoms with Crippen LogP contribution in [-0.2, 0) is 9.47 Å². The topological polar surface area (TPSA) is 93.9 Å². The molecular weight excluding hydrogens is 512 g/mol. The number of piperidine rings is 1. The van der Waals surface area contributed by atoms with Gasteiger partial charge in [0, 0.05) is 53.6 Å². The second kappa shape index (κ2) is 9.98. The number of fused-ring (bicyclic) bond motifs is 2. The van der Waals surface area contributed by atoms with E-state index >= 15 is 0 Å². The molecule has 9 nitrogen and oxygen atoms in total. The molecule has 3 aromatic heterocycles. The first-order valence-corrected chi connectivity index (χ1v) is 14.2. The van der Waals surface area contributed by atoms with Crippen LogP contribution in [0.5, 0.6) is 0 Å². The second-order valence-corrected chi connectivity index (χ2v) is 12.6. The van der Waals surface area contributed by atoms with Crippen LogP contribution >= 0.6 is 11.8 Å². The van der Waals surface area contributed by atoms with Crippen molar-refractivity contribution < 1.29 is 14.3 Å². The molecule has 0 bridgehead atoms. The van der Waals surface area contributed by atoms with Crippen LogP contribution in [0.1, 0.15) is 40.5 Å². The zero-order valence-electron chi connectivity index (χ0n) is 22.8. The highest BCUT2D eigenvalue weighted by atomic mass is 32.2. The van der Waals surface area contributed by atoms with Crippen LogP contribution in [0.2, 0.25) is 0 Å². The first kappa shape index (κ1) is 25.9. The molecule has 1 spiro atoms. The lowest BCUT2D eigenvalue weighted by Crippen LogP contribution is -2.60. The predicted molar refractivity (Wildman–Crippen MR) is 151 cm³/mol. The van der Waals surface area contributed by atoms with Crippen molar-refractivity contribution in [2.75, 3.05) is 24.6 Å². The highest BCUT2D eigenvalue weighted by molar-refractivity contribution is 7.99. The van der Waals surface area contributed by atoms with Crippen molar-refractivity contribution in [1.29, 1.82) is 0 Å².